The van der Waals surface area contributed by atoms with Gasteiger partial charge in [-0.3, -0.25) is 18.7 Å². The number of hydrogen-bond acceptors (Lipinski definition) is 7. The highest BCUT2D eigenvalue weighted by Gasteiger charge is 2.19. The van der Waals surface area contributed by atoms with Gasteiger partial charge in [-0.2, -0.15) is 0 Å². The van der Waals surface area contributed by atoms with Crippen molar-refractivity contribution in [2.24, 2.45) is 0 Å². The number of benzene rings is 2. The standard InChI is InChI=1S/C18H17F2N3O4S.C2H6O/c1-23(28-20)17-11(3-4-12(9-24)16(17)22-10-25)8-21-18(26)14-7-13(19)5-6-15(14)27-2;1-3-2/h3-7,9-10H,8H2,1-2H3,(H,21,26)(H,22,25);1-2H3. The maximum Gasteiger partial charge on any atom is 0.255 e. The molecule has 0 aliphatic carbocycles. The number of halogens is 2. The molecule has 0 aliphatic rings. The summed E-state index contributed by atoms with van der Waals surface area (Å²) in [7, 11) is 6.00. The highest BCUT2D eigenvalue weighted by Crippen LogP contribution is 2.36. The van der Waals surface area contributed by atoms with E-state index >= 15 is 0 Å². The van der Waals surface area contributed by atoms with E-state index in [0.717, 1.165) is 16.4 Å². The summed E-state index contributed by atoms with van der Waals surface area (Å²) >= 11 is -0.131. The first-order valence-electron chi connectivity index (χ1n) is 8.73. The Bertz CT molecular complexity index is 915. The summed E-state index contributed by atoms with van der Waals surface area (Å²) in [6, 6.07) is 6.48. The van der Waals surface area contributed by atoms with Crippen molar-refractivity contribution < 1.29 is 32.1 Å². The highest BCUT2D eigenvalue weighted by molar-refractivity contribution is 7.95. The number of carbonyl (C=O) groups is 3. The molecule has 0 heterocycles. The Balaban J connectivity index is 0.00000151. The van der Waals surface area contributed by atoms with E-state index in [1.165, 1.54) is 32.4 Å². The Kier molecular flexibility index (Phi) is 11.0. The van der Waals surface area contributed by atoms with E-state index in [4.69, 9.17) is 4.74 Å². The number of ether oxygens (including phenoxy) is 2. The third-order valence-corrected chi connectivity index (χ3v) is 4.28. The number of carbonyl (C=O) groups excluding carboxylic acids is 3. The first-order chi connectivity index (χ1) is 14.9. The first kappa shape index (κ1) is 25.9. The van der Waals surface area contributed by atoms with Gasteiger partial charge in [0.15, 0.2) is 18.6 Å². The van der Waals surface area contributed by atoms with Crippen LogP contribution in [0.25, 0.3) is 0 Å². The monoisotopic (exact) mass is 455 g/mol. The van der Waals surface area contributed by atoms with Crippen LogP contribution >= 0.6 is 12.3 Å². The molecule has 0 unspecified atom stereocenters. The van der Waals surface area contributed by atoms with Crippen LogP contribution in [0.5, 0.6) is 5.75 Å². The van der Waals surface area contributed by atoms with Gasteiger partial charge in [-0.25, -0.2) is 4.39 Å². The van der Waals surface area contributed by atoms with Crippen LogP contribution in [0.2, 0.25) is 0 Å². The highest BCUT2D eigenvalue weighted by atomic mass is 32.2. The quantitative estimate of drug-likeness (QED) is 0.442. The van der Waals surface area contributed by atoms with Gasteiger partial charge >= 0.3 is 0 Å². The smallest absolute Gasteiger partial charge is 0.255 e. The topological polar surface area (TPSA) is 97.0 Å². The number of amides is 2. The minimum Gasteiger partial charge on any atom is -0.496 e. The largest absolute Gasteiger partial charge is 0.496 e. The minimum atomic E-state index is -0.609. The SMILES string of the molecule is COC.COc1ccc(F)cc1C(=O)NCc1ccc(C=O)c(NC=O)c1N(C)SF. The fourth-order valence-corrected chi connectivity index (χ4v) is 2.90. The Morgan fingerprint density at radius 3 is 2.42 bits per heavy atom. The second kappa shape index (κ2) is 13.2. The van der Waals surface area contributed by atoms with E-state index in [-0.39, 0.29) is 47.1 Å². The van der Waals surface area contributed by atoms with Crippen LogP contribution in [0.1, 0.15) is 26.3 Å². The van der Waals surface area contributed by atoms with E-state index in [0.29, 0.717) is 18.3 Å². The molecular formula is C20H23F2N3O5S. The van der Waals surface area contributed by atoms with Crippen molar-refractivity contribution in [1.29, 1.82) is 0 Å². The zero-order valence-electron chi connectivity index (χ0n) is 17.4. The molecule has 2 rings (SSSR count). The lowest BCUT2D eigenvalue weighted by Gasteiger charge is -2.22. The fraction of sp³-hybridized carbons (Fsp3) is 0.250. The number of nitrogens with zero attached hydrogens (tertiary/aromatic N) is 1. The van der Waals surface area contributed by atoms with Crippen LogP contribution in [-0.4, -0.2) is 47.0 Å². The molecule has 168 valence electrons. The van der Waals surface area contributed by atoms with Crippen LogP contribution in [0.15, 0.2) is 30.3 Å². The predicted molar refractivity (Wildman–Crippen MR) is 116 cm³/mol. The molecule has 2 aromatic carbocycles. The van der Waals surface area contributed by atoms with E-state index in [1.807, 2.05) is 0 Å². The van der Waals surface area contributed by atoms with Crippen LogP contribution in [0.4, 0.5) is 19.7 Å². The third kappa shape index (κ3) is 6.93. The van der Waals surface area contributed by atoms with Gasteiger partial charge in [0.2, 0.25) is 6.41 Å². The summed E-state index contributed by atoms with van der Waals surface area (Å²) in [4.78, 5) is 34.6. The number of hydrogen-bond donors (Lipinski definition) is 2. The Labute approximate surface area is 183 Å². The van der Waals surface area contributed by atoms with Crippen molar-refractivity contribution >= 4 is 42.3 Å². The Hall–Kier alpha value is -3.18. The van der Waals surface area contributed by atoms with Gasteiger partial charge in [0.05, 0.1) is 24.0 Å². The lowest BCUT2D eigenvalue weighted by Crippen LogP contribution is -2.25. The number of methoxy groups -OCH3 is 2. The molecule has 0 bridgehead atoms. The molecule has 2 amide bonds. The molecule has 0 radical (unpaired) electrons. The summed E-state index contributed by atoms with van der Waals surface area (Å²) in [5.41, 5.74) is 0.868. The van der Waals surface area contributed by atoms with E-state index in [2.05, 4.69) is 15.4 Å². The van der Waals surface area contributed by atoms with Gasteiger partial charge in [-0.15, -0.1) is 3.89 Å². The Morgan fingerprint density at radius 2 is 1.87 bits per heavy atom. The number of aldehydes is 1. The van der Waals surface area contributed by atoms with Gasteiger partial charge in [0.1, 0.15) is 11.6 Å². The molecule has 0 aliphatic heterocycles. The summed E-state index contributed by atoms with van der Waals surface area (Å²) in [6.07, 6.45) is 0.884. The van der Waals surface area contributed by atoms with Gasteiger partial charge in [0, 0.05) is 33.4 Å². The van der Waals surface area contributed by atoms with Crippen LogP contribution in [0.3, 0.4) is 0 Å². The fourth-order valence-electron chi connectivity index (χ4n) is 2.62. The third-order valence-electron chi connectivity index (χ3n) is 3.89. The molecule has 0 spiro atoms. The summed E-state index contributed by atoms with van der Waals surface area (Å²) < 4.78 is 37.1. The van der Waals surface area contributed by atoms with Crippen molar-refractivity contribution in [3.05, 3.63) is 52.8 Å². The number of nitrogens with one attached hydrogen (secondary N) is 2. The summed E-state index contributed by atoms with van der Waals surface area (Å²) in [5, 5.41) is 4.98. The summed E-state index contributed by atoms with van der Waals surface area (Å²) in [6.45, 7) is -0.0780. The van der Waals surface area contributed by atoms with Crippen molar-refractivity contribution in [2.75, 3.05) is 38.0 Å². The van der Waals surface area contributed by atoms with Crippen molar-refractivity contribution in [1.82, 2.24) is 5.32 Å². The second-order valence-corrected chi connectivity index (χ2v) is 6.61. The van der Waals surface area contributed by atoms with Gasteiger partial charge in [-0.1, -0.05) is 6.07 Å². The van der Waals surface area contributed by atoms with E-state index in [9.17, 15) is 22.7 Å². The van der Waals surface area contributed by atoms with E-state index in [1.54, 1.807) is 14.2 Å². The molecule has 11 heteroatoms. The number of anilines is 2. The zero-order valence-corrected chi connectivity index (χ0v) is 18.2. The average Bonchev–Trinajstić information content (AvgIpc) is 2.77. The number of rotatable bonds is 9. The maximum atomic E-state index is 13.5. The maximum absolute atomic E-state index is 13.5. The summed E-state index contributed by atoms with van der Waals surface area (Å²) in [5.74, 6) is -1.02. The molecular weight excluding hydrogens is 432 g/mol. The molecule has 8 nitrogen and oxygen atoms in total. The normalized spacial score (nSPS) is 9.74. The van der Waals surface area contributed by atoms with Crippen molar-refractivity contribution in [3.63, 3.8) is 0 Å². The average molecular weight is 455 g/mol. The molecule has 31 heavy (non-hydrogen) atoms. The molecule has 0 aromatic heterocycles. The lowest BCUT2D eigenvalue weighted by molar-refractivity contribution is -0.105. The van der Waals surface area contributed by atoms with Crippen molar-refractivity contribution in [2.45, 2.75) is 6.54 Å². The van der Waals surface area contributed by atoms with Gasteiger partial charge in [0.25, 0.3) is 5.91 Å². The van der Waals surface area contributed by atoms with Crippen LogP contribution in [-0.2, 0) is 16.1 Å². The molecule has 2 N–H and O–H groups in total. The van der Waals surface area contributed by atoms with Gasteiger partial charge < -0.3 is 20.1 Å². The molecule has 0 saturated heterocycles. The Morgan fingerprint density at radius 1 is 1.19 bits per heavy atom. The molecule has 0 saturated carbocycles. The van der Waals surface area contributed by atoms with E-state index < -0.39 is 11.7 Å². The zero-order chi connectivity index (χ0) is 23.4. The van der Waals surface area contributed by atoms with Gasteiger partial charge in [-0.05, 0) is 29.8 Å². The predicted octanol–water partition coefficient (Wildman–Crippen LogP) is 3.38. The lowest BCUT2D eigenvalue weighted by atomic mass is 10.1. The second-order valence-electron chi connectivity index (χ2n) is 5.92. The minimum absolute atomic E-state index is 0.00646. The molecule has 0 fully saturated rings. The molecule has 2 aromatic rings. The van der Waals surface area contributed by atoms with Crippen LogP contribution in [0, 0.1) is 5.82 Å². The molecule has 0 atom stereocenters. The van der Waals surface area contributed by atoms with Crippen molar-refractivity contribution in [3.8, 4) is 5.75 Å². The first-order valence-corrected chi connectivity index (χ1v) is 9.41. The van der Waals surface area contributed by atoms with Crippen LogP contribution < -0.4 is 19.7 Å².